The van der Waals surface area contributed by atoms with Crippen molar-refractivity contribution in [3.63, 3.8) is 0 Å². The number of piperidine rings is 1. The first kappa shape index (κ1) is 16.0. The van der Waals surface area contributed by atoms with E-state index in [1.165, 1.54) is 23.5 Å². The molecule has 0 bridgehead atoms. The van der Waals surface area contributed by atoms with Crippen molar-refractivity contribution in [3.8, 4) is 0 Å². The van der Waals surface area contributed by atoms with Gasteiger partial charge in [-0.15, -0.1) is 11.3 Å². The van der Waals surface area contributed by atoms with Crippen LogP contribution in [0.5, 0.6) is 0 Å². The van der Waals surface area contributed by atoms with Crippen molar-refractivity contribution in [1.29, 1.82) is 0 Å². The number of halogens is 2. The summed E-state index contributed by atoms with van der Waals surface area (Å²) in [6.07, 6.45) is 4.88. The van der Waals surface area contributed by atoms with Gasteiger partial charge in [0.15, 0.2) is 5.13 Å². The summed E-state index contributed by atoms with van der Waals surface area (Å²) < 4.78 is 26.6. The van der Waals surface area contributed by atoms with Gasteiger partial charge in [0.2, 0.25) is 5.91 Å². The number of carbonyl (C=O) groups excluding carboxylic acids is 1. The molecule has 0 saturated carbocycles. The van der Waals surface area contributed by atoms with Gasteiger partial charge < -0.3 is 10.6 Å². The van der Waals surface area contributed by atoms with Gasteiger partial charge in [0.25, 0.3) is 0 Å². The molecule has 23 heavy (non-hydrogen) atoms. The fourth-order valence-corrected chi connectivity index (χ4v) is 3.41. The van der Waals surface area contributed by atoms with Gasteiger partial charge >= 0.3 is 0 Å². The average molecular weight is 337 g/mol. The number of nitrogens with one attached hydrogen (secondary N) is 2. The van der Waals surface area contributed by atoms with Crippen LogP contribution in [0.25, 0.3) is 0 Å². The molecule has 3 rings (SSSR count). The van der Waals surface area contributed by atoms with Crippen LogP contribution in [0.3, 0.4) is 0 Å². The van der Waals surface area contributed by atoms with Crippen LogP contribution in [0.4, 0.5) is 13.9 Å². The van der Waals surface area contributed by atoms with Gasteiger partial charge in [-0.2, -0.15) is 0 Å². The minimum atomic E-state index is -0.594. The Morgan fingerprint density at radius 3 is 3.00 bits per heavy atom. The number of hydrogen-bond donors (Lipinski definition) is 2. The van der Waals surface area contributed by atoms with E-state index in [4.69, 9.17) is 0 Å². The topological polar surface area (TPSA) is 54.0 Å². The predicted octanol–water partition coefficient (Wildman–Crippen LogP) is 3.09. The highest BCUT2D eigenvalue weighted by molar-refractivity contribution is 7.15. The summed E-state index contributed by atoms with van der Waals surface area (Å²) in [6, 6.07) is 3.35. The minimum Gasteiger partial charge on any atom is -0.306 e. The Hall–Kier alpha value is -1.86. The number of rotatable bonds is 4. The van der Waals surface area contributed by atoms with Gasteiger partial charge in [-0.05, 0) is 31.0 Å². The van der Waals surface area contributed by atoms with Crippen LogP contribution in [-0.2, 0) is 11.2 Å². The standard InChI is InChI=1S/C16H17F2N3OS/c17-11-5-4-10(13(18)8-11)7-12-9-20-16(23-12)21-15(22)14-3-1-2-6-19-14/h4-5,8-9,14,19H,1-3,6-7H2,(H,20,21,22). The lowest BCUT2D eigenvalue weighted by Crippen LogP contribution is -2.43. The molecule has 1 unspecified atom stereocenters. The van der Waals surface area contributed by atoms with Crippen molar-refractivity contribution >= 4 is 22.4 Å². The lowest BCUT2D eigenvalue weighted by Gasteiger charge is -2.21. The minimum absolute atomic E-state index is 0.0847. The largest absolute Gasteiger partial charge is 0.306 e. The highest BCUT2D eigenvalue weighted by Crippen LogP contribution is 2.23. The SMILES string of the molecule is O=C(Nc1ncc(Cc2ccc(F)cc2F)s1)C1CCCCN1. The van der Waals surface area contributed by atoms with Gasteiger partial charge in [0.1, 0.15) is 11.6 Å². The lowest BCUT2D eigenvalue weighted by atomic mass is 10.0. The number of benzene rings is 1. The molecule has 1 atom stereocenters. The normalized spacial score (nSPS) is 17.9. The molecule has 1 amide bonds. The maximum Gasteiger partial charge on any atom is 0.243 e. The van der Waals surface area contributed by atoms with Gasteiger partial charge in [-0.1, -0.05) is 12.5 Å². The quantitative estimate of drug-likeness (QED) is 0.901. The molecule has 2 aromatic rings. The first-order valence-electron chi connectivity index (χ1n) is 7.55. The third-order valence-corrected chi connectivity index (χ3v) is 4.70. The Morgan fingerprint density at radius 1 is 1.39 bits per heavy atom. The second kappa shape index (κ2) is 7.14. The van der Waals surface area contributed by atoms with Gasteiger partial charge in [0, 0.05) is 23.6 Å². The number of nitrogens with zero attached hydrogens (tertiary/aromatic N) is 1. The summed E-state index contributed by atoms with van der Waals surface area (Å²) in [5.74, 6) is -1.25. The molecule has 1 aliphatic heterocycles. The Kier molecular flexibility index (Phi) is 4.97. The van der Waals surface area contributed by atoms with Crippen molar-refractivity contribution in [2.45, 2.75) is 31.7 Å². The van der Waals surface area contributed by atoms with E-state index in [-0.39, 0.29) is 11.9 Å². The molecule has 7 heteroatoms. The molecule has 1 aromatic heterocycles. The van der Waals surface area contributed by atoms with E-state index in [2.05, 4.69) is 15.6 Å². The number of aromatic nitrogens is 1. The molecular formula is C16H17F2N3OS. The van der Waals surface area contributed by atoms with E-state index in [0.29, 0.717) is 17.1 Å². The van der Waals surface area contributed by atoms with Crippen molar-refractivity contribution < 1.29 is 13.6 Å². The van der Waals surface area contributed by atoms with E-state index in [0.717, 1.165) is 36.8 Å². The molecule has 1 fully saturated rings. The van der Waals surface area contributed by atoms with Crippen LogP contribution in [-0.4, -0.2) is 23.5 Å². The molecule has 122 valence electrons. The molecule has 1 saturated heterocycles. The monoisotopic (exact) mass is 337 g/mol. The Balaban J connectivity index is 1.62. The zero-order valence-electron chi connectivity index (χ0n) is 12.4. The number of carbonyl (C=O) groups is 1. The smallest absolute Gasteiger partial charge is 0.243 e. The van der Waals surface area contributed by atoms with E-state index in [9.17, 15) is 13.6 Å². The second-order valence-corrected chi connectivity index (χ2v) is 6.65. The zero-order chi connectivity index (χ0) is 16.2. The Labute approximate surface area is 136 Å². The molecule has 2 N–H and O–H groups in total. The van der Waals surface area contributed by atoms with Crippen LogP contribution in [0.1, 0.15) is 29.7 Å². The zero-order valence-corrected chi connectivity index (χ0v) is 13.3. The fraction of sp³-hybridized carbons (Fsp3) is 0.375. The maximum atomic E-state index is 13.7. The van der Waals surface area contributed by atoms with E-state index < -0.39 is 11.6 Å². The molecule has 0 radical (unpaired) electrons. The summed E-state index contributed by atoms with van der Waals surface area (Å²) >= 11 is 1.30. The molecule has 4 nitrogen and oxygen atoms in total. The molecule has 1 aliphatic rings. The first-order valence-corrected chi connectivity index (χ1v) is 8.36. The van der Waals surface area contributed by atoms with Crippen LogP contribution >= 0.6 is 11.3 Å². The average Bonchev–Trinajstić information content (AvgIpc) is 2.98. The third-order valence-electron chi connectivity index (χ3n) is 3.79. The fourth-order valence-electron chi connectivity index (χ4n) is 2.57. The van der Waals surface area contributed by atoms with Gasteiger partial charge in [0.05, 0.1) is 6.04 Å². The van der Waals surface area contributed by atoms with Crippen molar-refractivity contribution in [1.82, 2.24) is 10.3 Å². The third kappa shape index (κ3) is 4.11. The van der Waals surface area contributed by atoms with Crippen LogP contribution < -0.4 is 10.6 Å². The highest BCUT2D eigenvalue weighted by atomic mass is 32.1. The van der Waals surface area contributed by atoms with E-state index in [1.54, 1.807) is 6.20 Å². The van der Waals surface area contributed by atoms with Crippen molar-refractivity contribution in [3.05, 3.63) is 46.5 Å². The summed E-state index contributed by atoms with van der Waals surface area (Å²) in [4.78, 5) is 17.1. The van der Waals surface area contributed by atoms with E-state index in [1.807, 2.05) is 0 Å². The van der Waals surface area contributed by atoms with Crippen molar-refractivity contribution in [2.24, 2.45) is 0 Å². The molecule has 2 heterocycles. The summed E-state index contributed by atoms with van der Waals surface area (Å²) in [5, 5.41) is 6.47. The lowest BCUT2D eigenvalue weighted by molar-refractivity contribution is -0.118. The number of amides is 1. The summed E-state index contributed by atoms with van der Waals surface area (Å²) in [6.45, 7) is 0.852. The Morgan fingerprint density at radius 2 is 2.26 bits per heavy atom. The van der Waals surface area contributed by atoms with Crippen LogP contribution in [0.2, 0.25) is 0 Å². The van der Waals surface area contributed by atoms with Gasteiger partial charge in [-0.3, -0.25) is 4.79 Å². The highest BCUT2D eigenvalue weighted by Gasteiger charge is 2.21. The van der Waals surface area contributed by atoms with Crippen molar-refractivity contribution in [2.75, 3.05) is 11.9 Å². The summed E-state index contributed by atoms with van der Waals surface area (Å²) in [7, 11) is 0. The molecule has 1 aromatic carbocycles. The molecule has 0 spiro atoms. The van der Waals surface area contributed by atoms with Crippen LogP contribution in [0, 0.1) is 11.6 Å². The number of thiazole rings is 1. The second-order valence-electron chi connectivity index (χ2n) is 5.54. The maximum absolute atomic E-state index is 13.7. The van der Waals surface area contributed by atoms with E-state index >= 15 is 0 Å². The predicted molar refractivity (Wildman–Crippen MR) is 85.5 cm³/mol. The number of hydrogen-bond acceptors (Lipinski definition) is 4. The molecule has 0 aliphatic carbocycles. The first-order chi connectivity index (χ1) is 11.1. The summed E-state index contributed by atoms with van der Waals surface area (Å²) in [5.41, 5.74) is 0.405. The Bertz CT molecular complexity index is 698. The van der Waals surface area contributed by atoms with Gasteiger partial charge in [-0.25, -0.2) is 13.8 Å². The van der Waals surface area contributed by atoms with Crippen LogP contribution in [0.15, 0.2) is 24.4 Å². The molecular weight excluding hydrogens is 320 g/mol. The number of anilines is 1.